The van der Waals surface area contributed by atoms with E-state index >= 15 is 0 Å². The van der Waals surface area contributed by atoms with E-state index in [0.29, 0.717) is 0 Å². The van der Waals surface area contributed by atoms with Gasteiger partial charge in [-0.1, -0.05) is 26.6 Å². The molecule has 240 valence electrons. The zero-order valence-corrected chi connectivity index (χ0v) is 30.3. The van der Waals surface area contributed by atoms with Gasteiger partial charge in [-0.25, -0.2) is 0 Å². The molecule has 0 amide bonds. The van der Waals surface area contributed by atoms with Gasteiger partial charge in [-0.2, -0.15) is 0 Å². The summed E-state index contributed by atoms with van der Waals surface area (Å²) in [5.74, 6) is 10.8. The van der Waals surface area contributed by atoms with Crippen LogP contribution in [0.1, 0.15) is 141 Å². The van der Waals surface area contributed by atoms with Crippen LogP contribution in [0.25, 0.3) is 0 Å². The summed E-state index contributed by atoms with van der Waals surface area (Å²) in [6, 6.07) is 0. The maximum atomic E-state index is 6.35. The first-order valence-electron chi connectivity index (χ1n) is 15.7. The summed E-state index contributed by atoms with van der Waals surface area (Å²) in [5, 5.41) is 0. The molecule has 3 aliphatic heterocycles. The van der Waals surface area contributed by atoms with Gasteiger partial charge in [0.05, 0.1) is 22.4 Å². The number of hydrogen-bond acceptors (Lipinski definition) is 6. The molecule has 0 unspecified atom stereocenters. The Morgan fingerprint density at radius 3 is 1.42 bits per heavy atom. The normalized spacial score (nSPS) is 19.5. The van der Waals surface area contributed by atoms with E-state index in [-0.39, 0.29) is 54.5 Å². The second kappa shape index (κ2) is 24.4. The Balaban J connectivity index is -0.000000503. The number of rotatable bonds is 5. The smallest absolute Gasteiger partial charge is 0.694 e. The van der Waals surface area contributed by atoms with Crippen molar-refractivity contribution in [3.8, 4) is 30.0 Å². The minimum Gasteiger partial charge on any atom is -0.694 e. The summed E-state index contributed by atoms with van der Waals surface area (Å²) in [5.41, 5.74) is -1.13. The molecule has 9 heteroatoms. The number of hydrogen-bond donors (Lipinski definition) is 0. The van der Waals surface area contributed by atoms with E-state index < -0.39 is 7.32 Å². The molecule has 3 aliphatic rings. The van der Waals surface area contributed by atoms with Crippen molar-refractivity contribution in [3.63, 3.8) is 0 Å². The van der Waals surface area contributed by atoms with Crippen LogP contribution in [0.4, 0.5) is 0 Å². The van der Waals surface area contributed by atoms with Crippen molar-refractivity contribution in [1.29, 1.82) is 0 Å². The van der Waals surface area contributed by atoms with Gasteiger partial charge in [0.15, 0.2) is 0 Å². The molecule has 0 spiro atoms. The molecule has 0 aromatic heterocycles. The molecule has 0 aliphatic carbocycles. The van der Waals surface area contributed by atoms with E-state index in [0.717, 1.165) is 51.7 Å². The van der Waals surface area contributed by atoms with Gasteiger partial charge >= 0.3 is 33.3 Å². The van der Waals surface area contributed by atoms with Crippen LogP contribution in [0.5, 0.6) is 0 Å². The topological polar surface area (TPSA) is 55.4 Å². The van der Waals surface area contributed by atoms with E-state index in [4.69, 9.17) is 40.9 Å². The molecule has 0 N–H and O–H groups in total. The second-order valence-electron chi connectivity index (χ2n) is 12.6. The second-order valence-corrected chi connectivity index (χ2v) is 12.6. The fraction of sp³-hybridized carbons (Fsp3) is 0.824. The predicted molar refractivity (Wildman–Crippen MR) is 177 cm³/mol. The maximum Gasteiger partial charge on any atom is 1.00 e. The van der Waals surface area contributed by atoms with Crippen molar-refractivity contribution in [1.82, 2.24) is 0 Å². The summed E-state index contributed by atoms with van der Waals surface area (Å²) < 4.78 is 33.1. The van der Waals surface area contributed by atoms with E-state index in [1.54, 1.807) is 0 Å². The van der Waals surface area contributed by atoms with Crippen LogP contribution in [0, 0.1) is 36.4 Å². The first-order valence-corrected chi connectivity index (χ1v) is 15.7. The van der Waals surface area contributed by atoms with Crippen LogP contribution in [-0.4, -0.2) is 56.2 Å². The van der Waals surface area contributed by atoms with E-state index in [1.807, 2.05) is 76.2 Å². The fourth-order valence-corrected chi connectivity index (χ4v) is 3.03. The largest absolute Gasteiger partial charge is 1.00 e. The number of ether oxygens (including phenoxy) is 1. The molecule has 0 radical (unpaired) electrons. The first kappa shape index (κ1) is 46.6. The van der Waals surface area contributed by atoms with E-state index in [9.17, 15) is 0 Å². The Kier molecular flexibility index (Phi) is 26.4. The number of unbranched alkanes of at least 4 members (excludes halogenated alkanes) is 3. The quantitative estimate of drug-likeness (QED) is 0.253. The van der Waals surface area contributed by atoms with Gasteiger partial charge in [0, 0.05) is 32.2 Å². The van der Waals surface area contributed by atoms with Gasteiger partial charge in [0.2, 0.25) is 0 Å². The molecule has 6 nitrogen and oxygen atoms in total. The van der Waals surface area contributed by atoms with Crippen molar-refractivity contribution >= 4 is 14.4 Å². The van der Waals surface area contributed by atoms with E-state index in [2.05, 4.69) is 37.4 Å². The molecule has 0 aromatic carbocycles. The van der Waals surface area contributed by atoms with Gasteiger partial charge in [-0.05, 0) is 108 Å². The standard InChI is InChI=1S/C11H19BO2.C9H19BO3.C5H8.C5H7.C4H8O.Li/c1-6-7-8-9-12-13-10(2,3)11(4,5)14-12;1-7(2)11-10-12-8(3,4)9(5,6)13-10;2*1-3-5-4-2;1-2-4-5-3-1;/h6-7H2,1-5H3;7H,1-6H3;1H,4-5H2,2H3;3,5H2,1H3;1-4H2;/q;;;-1;;+1. The van der Waals surface area contributed by atoms with Crippen molar-refractivity contribution in [3.05, 3.63) is 6.42 Å². The van der Waals surface area contributed by atoms with Gasteiger partial charge in [0.25, 0.3) is 0 Å². The first-order chi connectivity index (χ1) is 19.5. The molecule has 3 saturated heterocycles. The van der Waals surface area contributed by atoms with Gasteiger partial charge in [0.1, 0.15) is 0 Å². The molecular weight excluding hydrogens is 533 g/mol. The molecule has 0 atom stereocenters. The summed E-state index contributed by atoms with van der Waals surface area (Å²) in [7, 11) is -0.878. The Morgan fingerprint density at radius 2 is 1.16 bits per heavy atom. The molecule has 3 heterocycles. The Labute approximate surface area is 280 Å². The zero-order chi connectivity index (χ0) is 32.9. The van der Waals surface area contributed by atoms with Gasteiger partial charge < -0.3 is 40.4 Å². The van der Waals surface area contributed by atoms with Crippen LogP contribution < -0.4 is 18.9 Å². The molecule has 0 bridgehead atoms. The summed E-state index contributed by atoms with van der Waals surface area (Å²) in [4.78, 5) is 0. The summed E-state index contributed by atoms with van der Waals surface area (Å²) in [6.07, 6.45) is 19.8. The van der Waals surface area contributed by atoms with Crippen molar-refractivity contribution in [2.45, 2.75) is 170 Å². The van der Waals surface area contributed by atoms with Gasteiger partial charge in [-0.15, -0.1) is 18.3 Å². The van der Waals surface area contributed by atoms with Crippen molar-refractivity contribution in [2.24, 2.45) is 0 Å². The van der Waals surface area contributed by atoms with Crippen LogP contribution >= 0.6 is 0 Å². The van der Waals surface area contributed by atoms with E-state index in [1.165, 1.54) is 12.8 Å². The molecule has 43 heavy (non-hydrogen) atoms. The van der Waals surface area contributed by atoms with Crippen molar-refractivity contribution in [2.75, 3.05) is 13.2 Å². The average molecular weight is 594 g/mol. The molecule has 3 rings (SSSR count). The summed E-state index contributed by atoms with van der Waals surface area (Å²) >= 11 is 0. The van der Waals surface area contributed by atoms with Crippen LogP contribution in [0.2, 0.25) is 0 Å². The minimum atomic E-state index is -0.523. The Morgan fingerprint density at radius 1 is 0.744 bits per heavy atom. The third kappa shape index (κ3) is 20.8. The fourth-order valence-electron chi connectivity index (χ4n) is 3.03. The Hall–Kier alpha value is -0.833. The number of terminal acetylenes is 1. The average Bonchev–Trinajstić information content (AvgIpc) is 3.55. The zero-order valence-electron chi connectivity index (χ0n) is 30.3. The molecule has 0 saturated carbocycles. The SMILES string of the molecule is C#CCCC.C1CCOC1.CC(C)OB1OC(C)(C)C(C)(C)O1.CCCC#CB1OC(C)(C)C(C)(C)O1.[C-]#CCCC.[Li+]. The molecular formula is C34H61B2LiO6. The third-order valence-electron chi connectivity index (χ3n) is 7.06. The summed E-state index contributed by atoms with van der Waals surface area (Å²) in [6.45, 7) is 28.3. The molecule has 3 fully saturated rings. The monoisotopic (exact) mass is 594 g/mol. The Bertz CT molecular complexity index is 790. The van der Waals surface area contributed by atoms with Crippen LogP contribution in [0.15, 0.2) is 0 Å². The van der Waals surface area contributed by atoms with Crippen LogP contribution in [0.3, 0.4) is 0 Å². The minimum absolute atomic E-state index is 0. The maximum absolute atomic E-state index is 6.35. The molecule has 0 aromatic rings. The third-order valence-corrected chi connectivity index (χ3v) is 7.06. The predicted octanol–water partition coefficient (Wildman–Crippen LogP) is 5.02. The van der Waals surface area contributed by atoms with Gasteiger partial charge in [-0.3, -0.25) is 0 Å². The van der Waals surface area contributed by atoms with Crippen LogP contribution in [-0.2, 0) is 28.0 Å². The van der Waals surface area contributed by atoms with Crippen molar-refractivity contribution < 1.29 is 46.9 Å².